The number of allylic oxidation sites excluding steroid dienone is 3. The molecule has 2 aromatic rings. The average molecular weight is 701 g/mol. The van der Waals surface area contributed by atoms with E-state index in [2.05, 4.69) is 24.5 Å². The minimum Gasteiger partial charge on any atom is -0.372 e. The largest absolute Gasteiger partial charge is 0.372 e. The molecule has 47 heavy (non-hydrogen) atoms. The number of fused-ring (bicyclic) bond motifs is 3. The number of halogens is 1. The van der Waals surface area contributed by atoms with Crippen LogP contribution in [0.15, 0.2) is 54.8 Å². The standard InChI is InChI=1S/C33H38ClN5O6S2/c1-5-37-30(41)25(31(42)38(6-2)32(37)46)10-7-9-24(20-35)23-13-15-39-27-12-11-22(17-26(27)33(3,4)28(39)18-23)21-36(29(40)19-34)14-8-16-47(43,44)45/h7,9-13,15,17-18,25,30,41H,5-6,8,14,16,19,21H2,1-4H3/p+1. The van der Waals surface area contributed by atoms with Gasteiger partial charge in [-0.2, -0.15) is 18.2 Å². The maximum Gasteiger partial charge on any atom is 0.264 e. The molecule has 0 saturated carbocycles. The second kappa shape index (κ2) is 14.6. The Morgan fingerprint density at radius 3 is 2.57 bits per heavy atom. The van der Waals surface area contributed by atoms with Crippen molar-refractivity contribution in [3.8, 4) is 11.8 Å². The van der Waals surface area contributed by atoms with Gasteiger partial charge in [0.15, 0.2) is 17.0 Å². The first-order chi connectivity index (χ1) is 22.2. The second-order valence-electron chi connectivity index (χ2n) is 11.9. The molecule has 0 radical (unpaired) electrons. The third-order valence-electron chi connectivity index (χ3n) is 8.60. The van der Waals surface area contributed by atoms with Crippen molar-refractivity contribution >= 4 is 56.4 Å². The minimum absolute atomic E-state index is 0.0753. The number of thiocarbonyl (C=S) groups is 1. The molecule has 11 nitrogen and oxygen atoms in total. The summed E-state index contributed by atoms with van der Waals surface area (Å²) >= 11 is 11.2. The number of pyridine rings is 1. The van der Waals surface area contributed by atoms with Crippen molar-refractivity contribution in [1.82, 2.24) is 14.7 Å². The Morgan fingerprint density at radius 2 is 1.96 bits per heavy atom. The fourth-order valence-corrected chi connectivity index (χ4v) is 7.17. The summed E-state index contributed by atoms with van der Waals surface area (Å²) in [6.07, 6.45) is 5.73. The molecular formula is C33H39ClN5O6S2+. The SMILES string of the molecule is CCN1C(=O)C(C=CC=C(C#N)c2cc[n+]3c(c2)C(C)(C)c2cc(CN(CCCS(=O)(=O)O)C(=O)CCl)ccc2-3)C(O)N(CC)C1=S. The highest BCUT2D eigenvalue weighted by molar-refractivity contribution is 7.85. The van der Waals surface area contributed by atoms with Gasteiger partial charge in [-0.25, -0.2) is 0 Å². The van der Waals surface area contributed by atoms with Gasteiger partial charge < -0.3 is 14.9 Å². The summed E-state index contributed by atoms with van der Waals surface area (Å²) in [7, 11) is -4.15. The fourth-order valence-electron chi connectivity index (χ4n) is 6.05. The second-order valence-corrected chi connectivity index (χ2v) is 14.1. The third kappa shape index (κ3) is 7.58. The Balaban J connectivity index is 1.58. The maximum atomic E-state index is 13.0. The van der Waals surface area contributed by atoms with Crippen molar-refractivity contribution < 1.29 is 32.2 Å². The number of aliphatic hydroxyl groups excluding tert-OH is 1. The summed E-state index contributed by atoms with van der Waals surface area (Å²) in [6, 6.07) is 11.9. The number of nitriles is 1. The molecule has 1 aromatic carbocycles. The van der Waals surface area contributed by atoms with Gasteiger partial charge in [-0.1, -0.05) is 18.2 Å². The van der Waals surface area contributed by atoms with Crippen LogP contribution >= 0.6 is 23.8 Å². The summed E-state index contributed by atoms with van der Waals surface area (Å²) in [4.78, 5) is 30.1. The summed E-state index contributed by atoms with van der Waals surface area (Å²) in [6.45, 7) is 8.99. The van der Waals surface area contributed by atoms with Crippen LogP contribution in [-0.4, -0.2) is 87.2 Å². The van der Waals surface area contributed by atoms with Crippen molar-refractivity contribution in [2.75, 3.05) is 31.3 Å². The van der Waals surface area contributed by atoms with Crippen LogP contribution in [0.1, 0.15) is 56.5 Å². The number of nitrogens with zero attached hydrogens (tertiary/aromatic N) is 5. The molecule has 3 heterocycles. The van der Waals surface area contributed by atoms with E-state index in [1.165, 1.54) is 9.80 Å². The first kappa shape index (κ1) is 36.2. The van der Waals surface area contributed by atoms with E-state index in [1.807, 2.05) is 50.4 Å². The number of aliphatic hydroxyl groups is 1. The summed E-state index contributed by atoms with van der Waals surface area (Å²) < 4.78 is 33.5. The molecule has 2 unspecified atom stereocenters. The van der Waals surface area contributed by atoms with Crippen molar-refractivity contribution in [2.24, 2.45) is 5.92 Å². The number of rotatable bonds is 12. The topological polar surface area (TPSA) is 146 Å². The van der Waals surface area contributed by atoms with E-state index in [4.69, 9.17) is 28.4 Å². The van der Waals surface area contributed by atoms with Crippen LogP contribution in [0.25, 0.3) is 11.3 Å². The maximum absolute atomic E-state index is 13.0. The predicted molar refractivity (Wildman–Crippen MR) is 182 cm³/mol. The number of hydrogen-bond acceptors (Lipinski definition) is 7. The molecule has 4 rings (SSSR count). The zero-order valence-corrected chi connectivity index (χ0v) is 29.1. The fraction of sp³-hybridized carbons (Fsp3) is 0.424. The molecule has 1 saturated heterocycles. The number of carbonyl (C=O) groups excluding carboxylic acids is 2. The van der Waals surface area contributed by atoms with Crippen molar-refractivity contribution in [3.63, 3.8) is 0 Å². The van der Waals surface area contributed by atoms with Crippen LogP contribution in [0.4, 0.5) is 0 Å². The number of alkyl halides is 1. The number of aromatic nitrogens is 1. The molecule has 2 N–H and O–H groups in total. The van der Waals surface area contributed by atoms with Gasteiger partial charge in [0, 0.05) is 55.5 Å². The number of amides is 2. The predicted octanol–water partition coefficient (Wildman–Crippen LogP) is 3.31. The number of hydrogen-bond donors (Lipinski definition) is 2. The van der Waals surface area contributed by atoms with Crippen LogP contribution in [0.5, 0.6) is 0 Å². The van der Waals surface area contributed by atoms with Gasteiger partial charge in [-0.15, -0.1) is 11.6 Å². The van der Waals surface area contributed by atoms with E-state index in [0.29, 0.717) is 29.3 Å². The van der Waals surface area contributed by atoms with E-state index < -0.39 is 33.4 Å². The van der Waals surface area contributed by atoms with Gasteiger partial charge in [0.05, 0.1) is 22.8 Å². The van der Waals surface area contributed by atoms with Crippen LogP contribution in [0, 0.1) is 17.2 Å². The number of carbonyl (C=O) groups is 2. The Kier molecular flexibility index (Phi) is 11.3. The minimum atomic E-state index is -4.15. The van der Waals surface area contributed by atoms with E-state index in [0.717, 1.165) is 22.5 Å². The van der Waals surface area contributed by atoms with Crippen molar-refractivity contribution in [3.05, 3.63) is 77.1 Å². The third-order valence-corrected chi connectivity index (χ3v) is 10.1. The van der Waals surface area contributed by atoms with Gasteiger partial charge >= 0.3 is 0 Å². The highest BCUT2D eigenvalue weighted by atomic mass is 35.5. The molecule has 1 fully saturated rings. The van der Waals surface area contributed by atoms with E-state index >= 15 is 0 Å². The highest BCUT2D eigenvalue weighted by Crippen LogP contribution is 2.39. The smallest absolute Gasteiger partial charge is 0.264 e. The van der Waals surface area contributed by atoms with E-state index in [1.54, 1.807) is 23.1 Å². The molecule has 2 aliphatic rings. The van der Waals surface area contributed by atoms with Gasteiger partial charge in [0.1, 0.15) is 18.0 Å². The van der Waals surface area contributed by atoms with Gasteiger partial charge in [-0.3, -0.25) is 19.0 Å². The molecule has 0 spiro atoms. The van der Waals surface area contributed by atoms with Gasteiger partial charge in [-0.05, 0) is 64.0 Å². The lowest BCUT2D eigenvalue weighted by Crippen LogP contribution is -2.60. The van der Waals surface area contributed by atoms with Crippen molar-refractivity contribution in [1.29, 1.82) is 5.26 Å². The van der Waals surface area contributed by atoms with Crippen LogP contribution in [-0.2, 0) is 31.7 Å². The molecule has 2 aliphatic heterocycles. The van der Waals surface area contributed by atoms with Crippen LogP contribution < -0.4 is 4.57 Å². The Labute approximate surface area is 286 Å². The van der Waals surface area contributed by atoms with E-state index in [9.17, 15) is 28.4 Å². The molecule has 0 bridgehead atoms. The van der Waals surface area contributed by atoms with Gasteiger partial charge in [0.25, 0.3) is 10.1 Å². The number of benzene rings is 1. The summed E-state index contributed by atoms with van der Waals surface area (Å²) in [5.41, 5.74) is 4.32. The van der Waals surface area contributed by atoms with E-state index in [-0.39, 0.29) is 37.2 Å². The van der Waals surface area contributed by atoms with Crippen molar-refractivity contribution in [2.45, 2.75) is 52.3 Å². The molecule has 14 heteroatoms. The molecule has 0 aliphatic carbocycles. The normalized spacial score (nSPS) is 19.1. The summed E-state index contributed by atoms with van der Waals surface area (Å²) in [5, 5.41) is 21.2. The highest BCUT2D eigenvalue weighted by Gasteiger charge is 2.44. The molecule has 2 atom stereocenters. The van der Waals surface area contributed by atoms with Crippen LogP contribution in [0.3, 0.4) is 0 Å². The average Bonchev–Trinajstić information content (AvgIpc) is 3.25. The Bertz CT molecular complexity index is 1790. The molecular weight excluding hydrogens is 662 g/mol. The first-order valence-corrected chi connectivity index (χ1v) is 17.8. The zero-order valence-electron chi connectivity index (χ0n) is 26.8. The summed E-state index contributed by atoms with van der Waals surface area (Å²) in [5.74, 6) is -2.18. The van der Waals surface area contributed by atoms with Crippen LogP contribution in [0.2, 0.25) is 0 Å². The van der Waals surface area contributed by atoms with Gasteiger partial charge in [0.2, 0.25) is 17.5 Å². The molecule has 250 valence electrons. The lowest BCUT2D eigenvalue weighted by Gasteiger charge is -2.42. The molecule has 2 amide bonds. The monoisotopic (exact) mass is 700 g/mol. The Hall–Kier alpha value is -3.67. The Morgan fingerprint density at radius 1 is 1.23 bits per heavy atom. The lowest BCUT2D eigenvalue weighted by molar-refractivity contribution is -0.599. The lowest BCUT2D eigenvalue weighted by atomic mass is 9.82. The quantitative estimate of drug-likeness (QED) is 0.0851. The zero-order chi connectivity index (χ0) is 34.7. The molecule has 1 aromatic heterocycles. The first-order valence-electron chi connectivity index (χ1n) is 15.3.